The van der Waals surface area contributed by atoms with Gasteiger partial charge in [0.2, 0.25) is 0 Å². The molecule has 9 heteroatoms. The molecule has 0 aromatic heterocycles. The lowest BCUT2D eigenvalue weighted by molar-refractivity contribution is -0.143. The van der Waals surface area contributed by atoms with Crippen LogP contribution in [0.1, 0.15) is 26.7 Å². The van der Waals surface area contributed by atoms with Crippen molar-refractivity contribution in [1.82, 2.24) is 9.03 Å². The highest BCUT2D eigenvalue weighted by Crippen LogP contribution is 2.22. The van der Waals surface area contributed by atoms with Gasteiger partial charge in [0.15, 0.2) is 0 Å². The smallest absolute Gasteiger partial charge is 0.324 e. The van der Waals surface area contributed by atoms with Crippen molar-refractivity contribution in [2.24, 2.45) is 5.92 Å². The molecule has 0 radical (unpaired) electrons. The molecule has 0 bridgehead atoms. The molecule has 1 saturated heterocycles. The Balaban J connectivity index is 1.92. The average molecular weight is 405 g/mol. The van der Waals surface area contributed by atoms with Crippen molar-refractivity contribution in [2.75, 3.05) is 20.2 Å². The normalized spacial score (nSPS) is 17.9. The quantitative estimate of drug-likeness (QED) is 0.704. The minimum absolute atomic E-state index is 0.0656. The first-order valence-electron chi connectivity index (χ1n) is 8.50. The Kier molecular flexibility index (Phi) is 7.28. The topological polar surface area (TPSA) is 84.9 Å². The van der Waals surface area contributed by atoms with E-state index in [1.165, 1.54) is 11.4 Å². The fourth-order valence-corrected chi connectivity index (χ4v) is 4.37. The van der Waals surface area contributed by atoms with E-state index in [4.69, 9.17) is 16.3 Å². The summed E-state index contributed by atoms with van der Waals surface area (Å²) in [6.07, 6.45) is 1.06. The van der Waals surface area contributed by atoms with Crippen LogP contribution in [-0.4, -0.2) is 51.0 Å². The summed E-state index contributed by atoms with van der Waals surface area (Å²) in [5, 5.41) is 0.634. The zero-order valence-electron chi connectivity index (χ0n) is 15.1. The number of benzene rings is 1. The summed E-state index contributed by atoms with van der Waals surface area (Å²) < 4.78 is 39.5. The molecule has 146 valence electrons. The molecule has 7 nitrogen and oxygen atoms in total. The summed E-state index contributed by atoms with van der Waals surface area (Å²) in [6.45, 7) is 4.16. The Morgan fingerprint density at radius 2 is 1.81 bits per heavy atom. The SMILES string of the molecule is COC(=O)C(NS(=O)(=O)N1CCC(Oc2ccc(Cl)cc2)CC1)C(C)C. The first kappa shape index (κ1) is 21.0. The molecule has 1 aromatic carbocycles. The van der Waals surface area contributed by atoms with Gasteiger partial charge >= 0.3 is 5.97 Å². The second-order valence-electron chi connectivity index (χ2n) is 6.54. The maximum atomic E-state index is 12.6. The minimum Gasteiger partial charge on any atom is -0.490 e. The Bertz CT molecular complexity index is 700. The van der Waals surface area contributed by atoms with Crippen LogP contribution in [0.5, 0.6) is 5.75 Å². The van der Waals surface area contributed by atoms with E-state index >= 15 is 0 Å². The zero-order chi connectivity index (χ0) is 19.3. The summed E-state index contributed by atoms with van der Waals surface area (Å²) in [7, 11) is -2.53. The first-order chi connectivity index (χ1) is 12.2. The number of esters is 1. The summed E-state index contributed by atoms with van der Waals surface area (Å²) in [4.78, 5) is 11.8. The van der Waals surface area contributed by atoms with Crippen molar-refractivity contribution in [1.29, 1.82) is 0 Å². The highest BCUT2D eigenvalue weighted by molar-refractivity contribution is 7.87. The van der Waals surface area contributed by atoms with E-state index in [0.717, 1.165) is 0 Å². The van der Waals surface area contributed by atoms with Gasteiger partial charge in [-0.05, 0) is 43.0 Å². The van der Waals surface area contributed by atoms with Crippen LogP contribution in [0, 0.1) is 5.92 Å². The Morgan fingerprint density at radius 3 is 2.31 bits per heavy atom. The highest BCUT2D eigenvalue weighted by Gasteiger charge is 2.34. The molecule has 1 aliphatic rings. The first-order valence-corrected chi connectivity index (χ1v) is 10.3. The standard InChI is InChI=1S/C17H25ClN2O5S/c1-12(2)16(17(21)24-3)19-26(22,23)20-10-8-15(9-11-20)25-14-6-4-13(18)5-7-14/h4-7,12,15-16,19H,8-11H2,1-3H3. The molecular weight excluding hydrogens is 380 g/mol. The van der Waals surface area contributed by atoms with Crippen LogP contribution in [0.15, 0.2) is 24.3 Å². The molecule has 2 rings (SSSR count). The molecule has 1 aromatic rings. The molecule has 1 unspecified atom stereocenters. The molecule has 1 heterocycles. The number of hydrogen-bond donors (Lipinski definition) is 1. The van der Waals surface area contributed by atoms with Crippen molar-refractivity contribution < 1.29 is 22.7 Å². The van der Waals surface area contributed by atoms with Crippen molar-refractivity contribution in [3.8, 4) is 5.75 Å². The third-order valence-electron chi connectivity index (χ3n) is 4.25. The summed E-state index contributed by atoms with van der Waals surface area (Å²) in [5.41, 5.74) is 0. The molecule has 1 aliphatic heterocycles. The van der Waals surface area contributed by atoms with Crippen LogP contribution in [0.2, 0.25) is 5.02 Å². The second-order valence-corrected chi connectivity index (χ2v) is 8.68. The number of halogens is 1. The molecular formula is C17H25ClN2O5S. The number of carbonyl (C=O) groups excluding carboxylic acids is 1. The lowest BCUT2D eigenvalue weighted by Gasteiger charge is -2.32. The lowest BCUT2D eigenvalue weighted by Crippen LogP contribution is -2.53. The number of ether oxygens (including phenoxy) is 2. The van der Waals surface area contributed by atoms with Gasteiger partial charge < -0.3 is 9.47 Å². The highest BCUT2D eigenvalue weighted by atomic mass is 35.5. The molecule has 0 spiro atoms. The van der Waals surface area contributed by atoms with Gasteiger partial charge in [0.1, 0.15) is 17.9 Å². The number of rotatable bonds is 7. The van der Waals surface area contributed by atoms with Crippen molar-refractivity contribution in [2.45, 2.75) is 38.8 Å². The van der Waals surface area contributed by atoms with Crippen LogP contribution >= 0.6 is 11.6 Å². The molecule has 1 N–H and O–H groups in total. The fraction of sp³-hybridized carbons (Fsp3) is 0.588. The zero-order valence-corrected chi connectivity index (χ0v) is 16.7. The van der Waals surface area contributed by atoms with Crippen LogP contribution in [0.4, 0.5) is 0 Å². The number of methoxy groups -OCH3 is 1. The molecule has 0 amide bonds. The number of piperidine rings is 1. The third kappa shape index (κ3) is 5.57. The molecule has 0 saturated carbocycles. The molecule has 26 heavy (non-hydrogen) atoms. The Morgan fingerprint density at radius 1 is 1.23 bits per heavy atom. The van der Waals surface area contributed by atoms with Gasteiger partial charge in [0, 0.05) is 18.1 Å². The van der Waals surface area contributed by atoms with E-state index in [2.05, 4.69) is 9.46 Å². The van der Waals surface area contributed by atoms with E-state index in [-0.39, 0.29) is 12.0 Å². The molecule has 0 aliphatic carbocycles. The van der Waals surface area contributed by atoms with Gasteiger partial charge in [-0.15, -0.1) is 0 Å². The van der Waals surface area contributed by atoms with Gasteiger partial charge in [-0.1, -0.05) is 25.4 Å². The minimum atomic E-state index is -3.78. The second kappa shape index (κ2) is 9.03. The Labute approximate surface area is 159 Å². The molecule has 1 atom stereocenters. The maximum absolute atomic E-state index is 12.6. The van der Waals surface area contributed by atoms with Crippen LogP contribution < -0.4 is 9.46 Å². The fourth-order valence-electron chi connectivity index (χ4n) is 2.71. The van der Waals surface area contributed by atoms with Crippen molar-refractivity contribution >= 4 is 27.8 Å². The number of nitrogens with one attached hydrogen (secondary N) is 1. The largest absolute Gasteiger partial charge is 0.490 e. The maximum Gasteiger partial charge on any atom is 0.324 e. The van der Waals surface area contributed by atoms with Crippen LogP contribution in [-0.2, 0) is 19.7 Å². The van der Waals surface area contributed by atoms with E-state index < -0.39 is 22.2 Å². The van der Waals surface area contributed by atoms with E-state index in [1.54, 1.807) is 38.1 Å². The van der Waals surface area contributed by atoms with Crippen molar-refractivity contribution in [3.05, 3.63) is 29.3 Å². The van der Waals surface area contributed by atoms with E-state index in [0.29, 0.717) is 36.7 Å². The number of carbonyl (C=O) groups is 1. The van der Waals surface area contributed by atoms with Crippen molar-refractivity contribution in [3.63, 3.8) is 0 Å². The average Bonchev–Trinajstić information content (AvgIpc) is 2.61. The van der Waals surface area contributed by atoms with Gasteiger partial charge in [0.25, 0.3) is 10.2 Å². The van der Waals surface area contributed by atoms with Gasteiger partial charge in [0.05, 0.1) is 7.11 Å². The van der Waals surface area contributed by atoms with E-state index in [9.17, 15) is 13.2 Å². The predicted molar refractivity (Wildman–Crippen MR) is 99.4 cm³/mol. The van der Waals surface area contributed by atoms with Crippen LogP contribution in [0.3, 0.4) is 0 Å². The summed E-state index contributed by atoms with van der Waals surface area (Å²) >= 11 is 5.85. The van der Waals surface area contributed by atoms with Crippen LogP contribution in [0.25, 0.3) is 0 Å². The molecule has 1 fully saturated rings. The lowest BCUT2D eigenvalue weighted by atomic mass is 10.1. The van der Waals surface area contributed by atoms with Gasteiger partial charge in [-0.2, -0.15) is 17.4 Å². The summed E-state index contributed by atoms with van der Waals surface area (Å²) in [6, 6.07) is 6.17. The number of nitrogens with zero attached hydrogens (tertiary/aromatic N) is 1. The van der Waals surface area contributed by atoms with Gasteiger partial charge in [-0.25, -0.2) is 0 Å². The monoisotopic (exact) mass is 404 g/mol. The third-order valence-corrected chi connectivity index (χ3v) is 6.10. The van der Waals surface area contributed by atoms with E-state index in [1.807, 2.05) is 0 Å². The van der Waals surface area contributed by atoms with Gasteiger partial charge in [-0.3, -0.25) is 4.79 Å². The number of hydrogen-bond acceptors (Lipinski definition) is 5. The Hall–Kier alpha value is -1.35. The predicted octanol–water partition coefficient (Wildman–Crippen LogP) is 2.22. The summed E-state index contributed by atoms with van der Waals surface area (Å²) in [5.74, 6) is -0.105.